The first-order valence-corrected chi connectivity index (χ1v) is 7.67. The average Bonchev–Trinajstić information content (AvgIpc) is 2.61. The van der Waals surface area contributed by atoms with E-state index in [-0.39, 0.29) is 5.78 Å². The van der Waals surface area contributed by atoms with Crippen LogP contribution in [0.25, 0.3) is 6.08 Å². The Bertz CT molecular complexity index is 658. The van der Waals surface area contributed by atoms with E-state index in [9.17, 15) is 4.79 Å². The van der Waals surface area contributed by atoms with Gasteiger partial charge in [-0.2, -0.15) is 0 Å². The van der Waals surface area contributed by atoms with E-state index in [1.165, 1.54) is 5.69 Å². The fourth-order valence-electron chi connectivity index (χ4n) is 2.69. The molecule has 1 aliphatic heterocycles. The molecule has 1 aliphatic rings. The summed E-state index contributed by atoms with van der Waals surface area (Å²) in [6.07, 6.45) is 3.59. The Labute approximate surface area is 131 Å². The minimum Gasteiger partial charge on any atom is -0.369 e. The first-order valence-electron chi connectivity index (χ1n) is 7.67. The van der Waals surface area contributed by atoms with Gasteiger partial charge in [0.1, 0.15) is 0 Å². The molecule has 2 aromatic carbocycles. The van der Waals surface area contributed by atoms with Crippen molar-refractivity contribution in [3.63, 3.8) is 0 Å². The SMILES string of the molecule is O=C(C=Cc1ccccc1N1CCNCC1)c1ccccc1. The lowest BCUT2D eigenvalue weighted by Gasteiger charge is -2.30. The molecule has 3 heteroatoms. The number of allylic oxidation sites excluding steroid dienone is 1. The second-order valence-electron chi connectivity index (χ2n) is 5.36. The Balaban J connectivity index is 1.80. The zero-order valence-electron chi connectivity index (χ0n) is 12.5. The van der Waals surface area contributed by atoms with E-state index in [1.54, 1.807) is 6.08 Å². The normalized spacial score (nSPS) is 15.2. The van der Waals surface area contributed by atoms with Crippen LogP contribution in [0.3, 0.4) is 0 Å². The van der Waals surface area contributed by atoms with Gasteiger partial charge in [-0.3, -0.25) is 4.79 Å². The van der Waals surface area contributed by atoms with E-state index in [0.29, 0.717) is 0 Å². The van der Waals surface area contributed by atoms with Crippen LogP contribution in [0.2, 0.25) is 0 Å². The molecule has 3 rings (SSSR count). The zero-order valence-corrected chi connectivity index (χ0v) is 12.5. The summed E-state index contributed by atoms with van der Waals surface area (Å²) in [7, 11) is 0. The lowest BCUT2D eigenvalue weighted by Crippen LogP contribution is -2.43. The minimum atomic E-state index is 0.0377. The first kappa shape index (κ1) is 14.5. The van der Waals surface area contributed by atoms with E-state index in [2.05, 4.69) is 22.3 Å². The third-order valence-electron chi connectivity index (χ3n) is 3.87. The topological polar surface area (TPSA) is 32.3 Å². The van der Waals surface area contributed by atoms with Crippen LogP contribution in [0.5, 0.6) is 0 Å². The summed E-state index contributed by atoms with van der Waals surface area (Å²) in [5.74, 6) is 0.0377. The molecule has 0 amide bonds. The largest absolute Gasteiger partial charge is 0.369 e. The van der Waals surface area contributed by atoms with Gasteiger partial charge in [-0.05, 0) is 23.8 Å². The molecule has 0 bridgehead atoms. The van der Waals surface area contributed by atoms with Crippen molar-refractivity contribution in [3.8, 4) is 0 Å². The summed E-state index contributed by atoms with van der Waals surface area (Å²) in [6, 6.07) is 17.6. The van der Waals surface area contributed by atoms with Crippen molar-refractivity contribution in [2.24, 2.45) is 0 Å². The average molecular weight is 292 g/mol. The van der Waals surface area contributed by atoms with Crippen molar-refractivity contribution in [2.75, 3.05) is 31.1 Å². The highest BCUT2D eigenvalue weighted by Gasteiger charge is 2.12. The molecule has 22 heavy (non-hydrogen) atoms. The molecule has 0 atom stereocenters. The van der Waals surface area contributed by atoms with Crippen molar-refractivity contribution in [3.05, 3.63) is 71.8 Å². The predicted octanol–water partition coefficient (Wildman–Crippen LogP) is 2.99. The number of piperazine rings is 1. The number of ketones is 1. The monoisotopic (exact) mass is 292 g/mol. The van der Waals surface area contributed by atoms with Crippen molar-refractivity contribution in [1.29, 1.82) is 0 Å². The molecule has 0 saturated carbocycles. The smallest absolute Gasteiger partial charge is 0.185 e. The summed E-state index contributed by atoms with van der Waals surface area (Å²) in [5.41, 5.74) is 3.01. The lowest BCUT2D eigenvalue weighted by molar-refractivity contribution is 0.104. The number of carbonyl (C=O) groups excluding carboxylic acids is 1. The van der Waals surface area contributed by atoms with Gasteiger partial charge in [0, 0.05) is 37.4 Å². The van der Waals surface area contributed by atoms with E-state index in [0.717, 1.165) is 37.3 Å². The Hall–Kier alpha value is -2.39. The number of nitrogens with one attached hydrogen (secondary N) is 1. The number of hydrogen-bond acceptors (Lipinski definition) is 3. The third-order valence-corrected chi connectivity index (χ3v) is 3.87. The highest BCUT2D eigenvalue weighted by Crippen LogP contribution is 2.22. The standard InChI is InChI=1S/C19H20N2O/c22-19(17-7-2-1-3-8-17)11-10-16-6-4-5-9-18(16)21-14-12-20-13-15-21/h1-11,20H,12-15H2. The first-order chi connectivity index (χ1) is 10.8. The van der Waals surface area contributed by atoms with Gasteiger partial charge in [-0.15, -0.1) is 0 Å². The number of para-hydroxylation sites is 1. The molecule has 2 aromatic rings. The van der Waals surface area contributed by atoms with Crippen LogP contribution < -0.4 is 10.2 Å². The van der Waals surface area contributed by atoms with Crippen LogP contribution in [0, 0.1) is 0 Å². The van der Waals surface area contributed by atoms with Gasteiger partial charge >= 0.3 is 0 Å². The molecule has 0 aliphatic carbocycles. The molecule has 1 fully saturated rings. The van der Waals surface area contributed by atoms with Gasteiger partial charge in [0.15, 0.2) is 5.78 Å². The number of carbonyl (C=O) groups is 1. The van der Waals surface area contributed by atoms with Crippen molar-refractivity contribution in [1.82, 2.24) is 5.32 Å². The second kappa shape index (κ2) is 7.05. The van der Waals surface area contributed by atoms with Gasteiger partial charge in [0.25, 0.3) is 0 Å². The number of hydrogen-bond donors (Lipinski definition) is 1. The Morgan fingerprint density at radius 1 is 0.955 bits per heavy atom. The highest BCUT2D eigenvalue weighted by atomic mass is 16.1. The summed E-state index contributed by atoms with van der Waals surface area (Å²) < 4.78 is 0. The molecule has 3 nitrogen and oxygen atoms in total. The molecule has 0 radical (unpaired) electrons. The van der Waals surface area contributed by atoms with Gasteiger partial charge in [0.2, 0.25) is 0 Å². The lowest BCUT2D eigenvalue weighted by atomic mass is 10.1. The predicted molar refractivity (Wildman–Crippen MR) is 91.3 cm³/mol. The molecule has 1 saturated heterocycles. The van der Waals surface area contributed by atoms with Crippen LogP contribution in [0.1, 0.15) is 15.9 Å². The van der Waals surface area contributed by atoms with E-state index in [4.69, 9.17) is 0 Å². The maximum Gasteiger partial charge on any atom is 0.185 e. The van der Waals surface area contributed by atoms with Gasteiger partial charge in [-0.1, -0.05) is 48.5 Å². The summed E-state index contributed by atoms with van der Waals surface area (Å²) in [5, 5.41) is 3.36. The van der Waals surface area contributed by atoms with Crippen molar-refractivity contribution >= 4 is 17.5 Å². The van der Waals surface area contributed by atoms with Crippen LogP contribution in [0.4, 0.5) is 5.69 Å². The number of nitrogens with zero attached hydrogens (tertiary/aromatic N) is 1. The Morgan fingerprint density at radius 2 is 1.64 bits per heavy atom. The number of rotatable bonds is 4. The molecular weight excluding hydrogens is 272 g/mol. The van der Waals surface area contributed by atoms with Gasteiger partial charge in [0.05, 0.1) is 0 Å². The second-order valence-corrected chi connectivity index (χ2v) is 5.36. The summed E-state index contributed by atoms with van der Waals surface area (Å²) in [4.78, 5) is 14.6. The zero-order chi connectivity index (χ0) is 15.2. The molecule has 0 spiro atoms. The van der Waals surface area contributed by atoms with Gasteiger partial charge < -0.3 is 10.2 Å². The van der Waals surface area contributed by atoms with Crippen LogP contribution >= 0.6 is 0 Å². The molecule has 0 aromatic heterocycles. The van der Waals surface area contributed by atoms with Crippen molar-refractivity contribution < 1.29 is 4.79 Å². The highest BCUT2D eigenvalue weighted by molar-refractivity contribution is 6.07. The van der Waals surface area contributed by atoms with Crippen LogP contribution in [-0.4, -0.2) is 32.0 Å². The summed E-state index contributed by atoms with van der Waals surface area (Å²) >= 11 is 0. The van der Waals surface area contributed by atoms with E-state index < -0.39 is 0 Å². The Morgan fingerprint density at radius 3 is 2.41 bits per heavy atom. The van der Waals surface area contributed by atoms with Gasteiger partial charge in [-0.25, -0.2) is 0 Å². The number of benzene rings is 2. The fourth-order valence-corrected chi connectivity index (χ4v) is 2.69. The Kier molecular flexibility index (Phi) is 4.66. The maximum absolute atomic E-state index is 12.2. The molecule has 112 valence electrons. The molecular formula is C19H20N2O. The fraction of sp³-hybridized carbons (Fsp3) is 0.211. The van der Waals surface area contributed by atoms with Crippen molar-refractivity contribution in [2.45, 2.75) is 0 Å². The van der Waals surface area contributed by atoms with Crippen LogP contribution in [0.15, 0.2) is 60.7 Å². The molecule has 1 heterocycles. The third kappa shape index (κ3) is 3.43. The maximum atomic E-state index is 12.2. The van der Waals surface area contributed by atoms with E-state index in [1.807, 2.05) is 48.5 Å². The van der Waals surface area contributed by atoms with E-state index >= 15 is 0 Å². The van der Waals surface area contributed by atoms with Crippen LogP contribution in [-0.2, 0) is 0 Å². The quantitative estimate of drug-likeness (QED) is 0.694. The minimum absolute atomic E-state index is 0.0377. The molecule has 1 N–H and O–H groups in total. The number of anilines is 1. The molecule has 0 unspecified atom stereocenters. The summed E-state index contributed by atoms with van der Waals surface area (Å²) in [6.45, 7) is 4.00.